The van der Waals surface area contributed by atoms with Crippen molar-refractivity contribution >= 4 is 23.1 Å². The standard InChI is InChI=1S/C11H18N2OS/c12-10(15)9-6-1-2-7-13(9)11(14)8-4-3-5-8/h8-9H,1-7H2,(H2,12,15). The van der Waals surface area contributed by atoms with E-state index in [-0.39, 0.29) is 12.0 Å². The lowest BCUT2D eigenvalue weighted by atomic mass is 9.83. The van der Waals surface area contributed by atoms with Crippen LogP contribution >= 0.6 is 12.2 Å². The fourth-order valence-corrected chi connectivity index (χ4v) is 2.63. The molecule has 1 unspecified atom stereocenters. The molecule has 0 aromatic rings. The summed E-state index contributed by atoms with van der Waals surface area (Å²) < 4.78 is 0. The molecule has 1 heterocycles. The summed E-state index contributed by atoms with van der Waals surface area (Å²) in [5, 5.41) is 0. The number of rotatable bonds is 2. The highest BCUT2D eigenvalue weighted by molar-refractivity contribution is 7.80. The van der Waals surface area contributed by atoms with E-state index in [1.807, 2.05) is 4.90 Å². The molecule has 0 aromatic heterocycles. The largest absolute Gasteiger partial charge is 0.392 e. The Bertz CT molecular complexity index is 276. The van der Waals surface area contributed by atoms with E-state index >= 15 is 0 Å². The van der Waals surface area contributed by atoms with Gasteiger partial charge in [-0.15, -0.1) is 0 Å². The molecule has 15 heavy (non-hydrogen) atoms. The molecule has 84 valence electrons. The summed E-state index contributed by atoms with van der Waals surface area (Å²) in [6.07, 6.45) is 6.49. The third-order valence-electron chi connectivity index (χ3n) is 3.57. The Labute approximate surface area is 96.0 Å². The summed E-state index contributed by atoms with van der Waals surface area (Å²) >= 11 is 5.04. The lowest BCUT2D eigenvalue weighted by molar-refractivity contribution is -0.140. The van der Waals surface area contributed by atoms with Crippen LogP contribution in [0.5, 0.6) is 0 Å². The molecule has 2 N–H and O–H groups in total. The first-order valence-corrected chi connectivity index (χ1v) is 6.21. The summed E-state index contributed by atoms with van der Waals surface area (Å²) in [5.41, 5.74) is 5.69. The van der Waals surface area contributed by atoms with Gasteiger partial charge in [-0.3, -0.25) is 4.79 Å². The molecule has 1 amide bonds. The number of carbonyl (C=O) groups is 1. The third-order valence-corrected chi connectivity index (χ3v) is 3.84. The maximum Gasteiger partial charge on any atom is 0.226 e. The fraction of sp³-hybridized carbons (Fsp3) is 0.818. The molecular formula is C11H18N2OS. The van der Waals surface area contributed by atoms with Gasteiger partial charge in [0, 0.05) is 12.5 Å². The molecule has 4 heteroatoms. The minimum atomic E-state index is 0.0295. The number of thiocarbonyl (C=S) groups is 1. The molecule has 0 radical (unpaired) electrons. The molecule has 1 saturated heterocycles. The summed E-state index contributed by atoms with van der Waals surface area (Å²) in [6, 6.07) is 0.0295. The highest BCUT2D eigenvalue weighted by atomic mass is 32.1. The Morgan fingerprint density at radius 1 is 1.20 bits per heavy atom. The Morgan fingerprint density at radius 3 is 2.47 bits per heavy atom. The van der Waals surface area contributed by atoms with Gasteiger partial charge in [-0.2, -0.15) is 0 Å². The molecule has 1 aliphatic heterocycles. The summed E-state index contributed by atoms with van der Waals surface area (Å²) in [4.78, 5) is 14.5. The van der Waals surface area contributed by atoms with Crippen molar-refractivity contribution in [2.24, 2.45) is 11.7 Å². The molecule has 0 bridgehead atoms. The fourth-order valence-electron chi connectivity index (χ4n) is 2.38. The zero-order chi connectivity index (χ0) is 10.8. The van der Waals surface area contributed by atoms with Gasteiger partial charge in [-0.1, -0.05) is 18.6 Å². The number of hydrogen-bond acceptors (Lipinski definition) is 2. The maximum absolute atomic E-state index is 12.1. The van der Waals surface area contributed by atoms with Gasteiger partial charge >= 0.3 is 0 Å². The first-order chi connectivity index (χ1) is 7.20. The highest BCUT2D eigenvalue weighted by Crippen LogP contribution is 2.30. The zero-order valence-corrected chi connectivity index (χ0v) is 9.76. The summed E-state index contributed by atoms with van der Waals surface area (Å²) in [7, 11) is 0. The van der Waals surface area contributed by atoms with Crippen LogP contribution in [0.2, 0.25) is 0 Å². The van der Waals surface area contributed by atoms with Gasteiger partial charge in [-0.05, 0) is 32.1 Å². The van der Waals surface area contributed by atoms with Gasteiger partial charge in [0.1, 0.15) is 0 Å². The predicted octanol–water partition coefficient (Wildman–Crippen LogP) is 1.45. The van der Waals surface area contributed by atoms with E-state index in [1.165, 1.54) is 6.42 Å². The van der Waals surface area contributed by atoms with Gasteiger partial charge in [0.15, 0.2) is 0 Å². The summed E-state index contributed by atoms with van der Waals surface area (Å²) in [5.74, 6) is 0.554. The smallest absolute Gasteiger partial charge is 0.226 e. The van der Waals surface area contributed by atoms with E-state index in [1.54, 1.807) is 0 Å². The van der Waals surface area contributed by atoms with Crippen molar-refractivity contribution in [3.63, 3.8) is 0 Å². The second-order valence-corrected chi connectivity index (χ2v) is 5.04. The molecule has 2 rings (SSSR count). The van der Waals surface area contributed by atoms with E-state index in [0.29, 0.717) is 10.9 Å². The number of likely N-dealkylation sites (tertiary alicyclic amines) is 1. The van der Waals surface area contributed by atoms with E-state index < -0.39 is 0 Å². The van der Waals surface area contributed by atoms with Crippen LogP contribution in [0.1, 0.15) is 38.5 Å². The number of hydrogen-bond donors (Lipinski definition) is 1. The van der Waals surface area contributed by atoms with Crippen molar-refractivity contribution in [1.82, 2.24) is 4.90 Å². The first-order valence-electron chi connectivity index (χ1n) is 5.80. The molecule has 0 spiro atoms. The second-order valence-electron chi connectivity index (χ2n) is 4.57. The monoisotopic (exact) mass is 226 g/mol. The quantitative estimate of drug-likeness (QED) is 0.725. The number of piperidine rings is 1. The molecular weight excluding hydrogens is 208 g/mol. The lowest BCUT2D eigenvalue weighted by Crippen LogP contribution is -2.52. The van der Waals surface area contributed by atoms with Gasteiger partial charge in [0.25, 0.3) is 0 Å². The van der Waals surface area contributed by atoms with E-state index in [2.05, 4.69) is 0 Å². The Morgan fingerprint density at radius 2 is 1.93 bits per heavy atom. The van der Waals surface area contributed by atoms with E-state index in [9.17, 15) is 4.79 Å². The Kier molecular flexibility index (Phi) is 3.24. The van der Waals surface area contributed by atoms with Gasteiger partial charge < -0.3 is 10.6 Å². The topological polar surface area (TPSA) is 46.3 Å². The van der Waals surface area contributed by atoms with Crippen molar-refractivity contribution < 1.29 is 4.79 Å². The Hall–Kier alpha value is -0.640. The van der Waals surface area contributed by atoms with Crippen LogP contribution in [0.3, 0.4) is 0 Å². The molecule has 0 aromatic carbocycles. The van der Waals surface area contributed by atoms with Crippen LogP contribution in [0, 0.1) is 5.92 Å². The van der Waals surface area contributed by atoms with E-state index in [0.717, 1.165) is 38.6 Å². The number of amides is 1. The first kappa shape index (κ1) is 10.9. The van der Waals surface area contributed by atoms with Crippen molar-refractivity contribution in [2.45, 2.75) is 44.6 Å². The summed E-state index contributed by atoms with van der Waals surface area (Å²) in [6.45, 7) is 0.845. The minimum absolute atomic E-state index is 0.0295. The molecule has 1 saturated carbocycles. The maximum atomic E-state index is 12.1. The number of nitrogens with zero attached hydrogens (tertiary/aromatic N) is 1. The molecule has 2 aliphatic rings. The van der Waals surface area contributed by atoms with Gasteiger partial charge in [0.05, 0.1) is 11.0 Å². The normalized spacial score (nSPS) is 27.2. The third kappa shape index (κ3) is 2.14. The average Bonchev–Trinajstić information content (AvgIpc) is 2.15. The minimum Gasteiger partial charge on any atom is -0.392 e. The predicted molar refractivity (Wildman–Crippen MR) is 63.5 cm³/mol. The lowest BCUT2D eigenvalue weighted by Gasteiger charge is -2.39. The average molecular weight is 226 g/mol. The van der Waals surface area contributed by atoms with Gasteiger partial charge in [-0.25, -0.2) is 0 Å². The molecule has 3 nitrogen and oxygen atoms in total. The highest BCUT2D eigenvalue weighted by Gasteiger charge is 2.35. The van der Waals surface area contributed by atoms with Crippen LogP contribution in [0.4, 0.5) is 0 Å². The zero-order valence-electron chi connectivity index (χ0n) is 8.95. The van der Waals surface area contributed by atoms with Crippen LogP contribution in [0.25, 0.3) is 0 Å². The van der Waals surface area contributed by atoms with Crippen molar-refractivity contribution in [1.29, 1.82) is 0 Å². The van der Waals surface area contributed by atoms with Crippen LogP contribution < -0.4 is 5.73 Å². The number of carbonyl (C=O) groups excluding carboxylic acids is 1. The van der Waals surface area contributed by atoms with E-state index in [4.69, 9.17) is 18.0 Å². The van der Waals surface area contributed by atoms with Crippen molar-refractivity contribution in [3.05, 3.63) is 0 Å². The molecule has 1 atom stereocenters. The van der Waals surface area contributed by atoms with Crippen LogP contribution in [0.15, 0.2) is 0 Å². The molecule has 2 fully saturated rings. The van der Waals surface area contributed by atoms with Crippen molar-refractivity contribution in [2.75, 3.05) is 6.54 Å². The van der Waals surface area contributed by atoms with Gasteiger partial charge in [0.2, 0.25) is 5.91 Å². The second kappa shape index (κ2) is 4.47. The van der Waals surface area contributed by atoms with Crippen molar-refractivity contribution in [3.8, 4) is 0 Å². The van der Waals surface area contributed by atoms with Crippen LogP contribution in [-0.4, -0.2) is 28.4 Å². The molecule has 1 aliphatic carbocycles. The number of nitrogens with two attached hydrogens (primary N) is 1. The Balaban J connectivity index is 2.03. The SMILES string of the molecule is NC(=S)C1CCCCN1C(=O)C1CCC1. The van der Waals surface area contributed by atoms with Crippen LogP contribution in [-0.2, 0) is 4.79 Å².